The number of benzene rings is 1. The zero-order valence-corrected chi connectivity index (χ0v) is 10.2. The third kappa shape index (κ3) is 3.61. The van der Waals surface area contributed by atoms with E-state index in [1.165, 1.54) is 22.9 Å². The molecule has 0 radical (unpaired) electrons. The average molecular weight is 302 g/mol. The first-order valence-corrected chi connectivity index (χ1v) is 6.35. The van der Waals surface area contributed by atoms with Gasteiger partial charge in [0.2, 0.25) is 5.24 Å². The van der Waals surface area contributed by atoms with Gasteiger partial charge in [0.05, 0.1) is 5.69 Å². The van der Waals surface area contributed by atoms with Gasteiger partial charge in [-0.3, -0.25) is 9.52 Å². The first-order valence-electron chi connectivity index (χ1n) is 4.49. The summed E-state index contributed by atoms with van der Waals surface area (Å²) in [5.41, 5.74) is -5.69. The summed E-state index contributed by atoms with van der Waals surface area (Å²) >= 11 is 5.11. The van der Waals surface area contributed by atoms with Crippen molar-refractivity contribution in [3.05, 3.63) is 29.8 Å². The standard InChI is InChI=1S/C9H7ClF3NO3S/c10-8(15)5-6-3-1-2-4-7(6)14-18(16,17)9(11,12)13/h1-4,14H,5H2. The van der Waals surface area contributed by atoms with Gasteiger partial charge in [-0.1, -0.05) is 18.2 Å². The Bertz CT molecular complexity index is 556. The third-order valence-corrected chi connectivity index (χ3v) is 3.13. The molecule has 0 spiro atoms. The van der Waals surface area contributed by atoms with Crippen LogP contribution in [0, 0.1) is 0 Å². The normalized spacial score (nSPS) is 12.2. The smallest absolute Gasteiger partial charge is 0.281 e. The van der Waals surface area contributed by atoms with Crippen molar-refractivity contribution in [2.24, 2.45) is 0 Å². The highest BCUT2D eigenvalue weighted by molar-refractivity contribution is 7.93. The second-order valence-corrected chi connectivity index (χ2v) is 5.34. The summed E-state index contributed by atoms with van der Waals surface area (Å²) in [6, 6.07) is 5.18. The maximum Gasteiger partial charge on any atom is 0.516 e. The van der Waals surface area contributed by atoms with Crippen molar-refractivity contribution in [1.82, 2.24) is 0 Å². The molecule has 0 unspecified atom stereocenters. The van der Waals surface area contributed by atoms with Crippen LogP contribution in [0.5, 0.6) is 0 Å². The van der Waals surface area contributed by atoms with Gasteiger partial charge in [-0.2, -0.15) is 21.6 Å². The quantitative estimate of drug-likeness (QED) is 0.868. The molecule has 0 fully saturated rings. The Balaban J connectivity index is 3.09. The Morgan fingerprint density at radius 1 is 1.28 bits per heavy atom. The van der Waals surface area contributed by atoms with Crippen molar-refractivity contribution in [3.8, 4) is 0 Å². The summed E-state index contributed by atoms with van der Waals surface area (Å²) in [6.45, 7) is 0. The van der Waals surface area contributed by atoms with Crippen LogP contribution in [0.25, 0.3) is 0 Å². The Hall–Kier alpha value is -1.28. The summed E-state index contributed by atoms with van der Waals surface area (Å²) in [5, 5.41) is -0.811. The summed E-state index contributed by atoms with van der Waals surface area (Å²) in [4.78, 5) is 10.7. The zero-order chi connectivity index (χ0) is 14.0. The molecule has 0 saturated carbocycles. The van der Waals surface area contributed by atoms with Crippen LogP contribution in [0.1, 0.15) is 5.56 Å². The summed E-state index contributed by atoms with van der Waals surface area (Å²) in [5.74, 6) is 0. The van der Waals surface area contributed by atoms with E-state index in [1.807, 2.05) is 0 Å². The van der Waals surface area contributed by atoms with Crippen molar-refractivity contribution in [3.63, 3.8) is 0 Å². The summed E-state index contributed by atoms with van der Waals surface area (Å²) in [7, 11) is -5.51. The molecule has 0 saturated heterocycles. The van der Waals surface area contributed by atoms with E-state index in [0.29, 0.717) is 0 Å². The number of anilines is 1. The molecule has 18 heavy (non-hydrogen) atoms. The summed E-state index contributed by atoms with van der Waals surface area (Å²) < 4.78 is 59.7. The number of rotatable bonds is 4. The van der Waals surface area contributed by atoms with Gasteiger partial charge in [-0.05, 0) is 23.2 Å². The minimum Gasteiger partial charge on any atom is -0.281 e. The molecule has 0 aromatic heterocycles. The Morgan fingerprint density at radius 3 is 2.33 bits per heavy atom. The lowest BCUT2D eigenvalue weighted by Gasteiger charge is -2.13. The van der Waals surface area contributed by atoms with Crippen LogP contribution in [0.4, 0.5) is 18.9 Å². The molecule has 0 aliphatic rings. The van der Waals surface area contributed by atoms with Crippen molar-refractivity contribution < 1.29 is 26.4 Å². The number of carbonyl (C=O) groups is 1. The van der Waals surface area contributed by atoms with Crippen LogP contribution >= 0.6 is 11.6 Å². The van der Waals surface area contributed by atoms with Gasteiger partial charge in [0.25, 0.3) is 0 Å². The number of halogens is 4. The largest absolute Gasteiger partial charge is 0.516 e. The van der Waals surface area contributed by atoms with Crippen molar-refractivity contribution in [2.45, 2.75) is 11.9 Å². The molecular weight excluding hydrogens is 295 g/mol. The fourth-order valence-corrected chi connectivity index (χ4v) is 1.87. The minimum absolute atomic E-state index is 0.0605. The monoisotopic (exact) mass is 301 g/mol. The predicted molar refractivity (Wildman–Crippen MR) is 59.6 cm³/mol. The van der Waals surface area contributed by atoms with E-state index in [1.54, 1.807) is 0 Å². The number of carbonyl (C=O) groups excluding carboxylic acids is 1. The van der Waals surface area contributed by atoms with Gasteiger partial charge >= 0.3 is 15.5 Å². The lowest BCUT2D eigenvalue weighted by atomic mass is 10.1. The second-order valence-electron chi connectivity index (χ2n) is 3.24. The lowest BCUT2D eigenvalue weighted by Crippen LogP contribution is -2.30. The summed E-state index contributed by atoms with van der Waals surface area (Å²) in [6.07, 6.45) is -0.377. The molecule has 1 rings (SSSR count). The van der Waals surface area contributed by atoms with Crippen LogP contribution < -0.4 is 4.72 Å². The fraction of sp³-hybridized carbons (Fsp3) is 0.222. The molecule has 100 valence electrons. The van der Waals surface area contributed by atoms with Crippen LogP contribution in [0.2, 0.25) is 0 Å². The molecule has 1 N–H and O–H groups in total. The molecule has 4 nitrogen and oxygen atoms in total. The highest BCUT2D eigenvalue weighted by Crippen LogP contribution is 2.27. The fourth-order valence-electron chi connectivity index (χ4n) is 1.13. The Morgan fingerprint density at radius 2 is 1.83 bits per heavy atom. The first kappa shape index (κ1) is 14.8. The molecule has 1 aromatic rings. The van der Waals surface area contributed by atoms with Crippen LogP contribution in [0.15, 0.2) is 24.3 Å². The molecule has 0 bridgehead atoms. The van der Waals surface area contributed by atoms with E-state index >= 15 is 0 Å². The van der Waals surface area contributed by atoms with E-state index in [2.05, 4.69) is 0 Å². The SMILES string of the molecule is O=C(Cl)Cc1ccccc1NS(=O)(=O)C(F)(F)F. The average Bonchev–Trinajstić information content (AvgIpc) is 2.18. The maximum atomic E-state index is 12.2. The minimum atomic E-state index is -5.51. The molecule has 0 amide bonds. The first-order chi connectivity index (χ1) is 8.13. The Labute approximate surface area is 106 Å². The number of sulfonamides is 1. The Kier molecular flexibility index (Phi) is 4.23. The topological polar surface area (TPSA) is 63.2 Å². The van der Waals surface area contributed by atoms with Crippen molar-refractivity contribution in [1.29, 1.82) is 0 Å². The molecular formula is C9H7ClF3NO3S. The molecule has 0 aliphatic carbocycles. The van der Waals surface area contributed by atoms with Crippen LogP contribution in [0.3, 0.4) is 0 Å². The van der Waals surface area contributed by atoms with Gasteiger partial charge in [-0.25, -0.2) is 0 Å². The van der Waals surface area contributed by atoms with E-state index in [0.717, 1.165) is 6.07 Å². The molecule has 0 heterocycles. The van der Waals surface area contributed by atoms with E-state index < -0.39 is 20.8 Å². The number of hydrogen-bond acceptors (Lipinski definition) is 3. The number of hydrogen-bond donors (Lipinski definition) is 1. The van der Waals surface area contributed by atoms with Gasteiger partial charge < -0.3 is 0 Å². The number of nitrogens with one attached hydrogen (secondary N) is 1. The maximum absolute atomic E-state index is 12.2. The van der Waals surface area contributed by atoms with E-state index in [9.17, 15) is 26.4 Å². The molecule has 1 aromatic carbocycles. The number of para-hydroxylation sites is 1. The van der Waals surface area contributed by atoms with Gasteiger partial charge in [-0.15, -0.1) is 0 Å². The van der Waals surface area contributed by atoms with E-state index in [4.69, 9.17) is 11.6 Å². The van der Waals surface area contributed by atoms with Gasteiger partial charge in [0.15, 0.2) is 0 Å². The lowest BCUT2D eigenvalue weighted by molar-refractivity contribution is -0.111. The van der Waals surface area contributed by atoms with Crippen LogP contribution in [-0.4, -0.2) is 19.2 Å². The molecule has 0 atom stereocenters. The van der Waals surface area contributed by atoms with Crippen LogP contribution in [-0.2, 0) is 21.2 Å². The van der Waals surface area contributed by atoms with Gasteiger partial charge in [0, 0.05) is 6.42 Å². The van der Waals surface area contributed by atoms with E-state index in [-0.39, 0.29) is 17.7 Å². The highest BCUT2D eigenvalue weighted by Gasteiger charge is 2.46. The number of alkyl halides is 3. The highest BCUT2D eigenvalue weighted by atomic mass is 35.5. The zero-order valence-electron chi connectivity index (χ0n) is 8.66. The molecule has 0 aliphatic heterocycles. The van der Waals surface area contributed by atoms with Crippen molar-refractivity contribution >= 4 is 32.6 Å². The van der Waals surface area contributed by atoms with Crippen molar-refractivity contribution in [2.75, 3.05) is 4.72 Å². The van der Waals surface area contributed by atoms with Gasteiger partial charge in [0.1, 0.15) is 0 Å². The predicted octanol–water partition coefficient (Wildman–Crippen LogP) is 2.26. The second kappa shape index (κ2) is 5.15. The third-order valence-electron chi connectivity index (χ3n) is 1.90. The molecule has 9 heteroatoms.